The topological polar surface area (TPSA) is 66.8 Å². The van der Waals surface area contributed by atoms with Crippen LogP contribution in [0.5, 0.6) is 0 Å². The van der Waals surface area contributed by atoms with Crippen LogP contribution in [-0.2, 0) is 9.53 Å². The Labute approximate surface area is 124 Å². The number of hydrogen-bond donors (Lipinski definition) is 1. The molecule has 114 valence electrons. The largest absolute Gasteiger partial charge is 0.481 e. The van der Waals surface area contributed by atoms with E-state index in [2.05, 4.69) is 0 Å². The highest BCUT2D eigenvalue weighted by atomic mass is 16.5. The summed E-state index contributed by atoms with van der Waals surface area (Å²) in [4.78, 5) is 25.8. The smallest absolute Gasteiger partial charge is 0.313 e. The van der Waals surface area contributed by atoms with Gasteiger partial charge in [0.25, 0.3) is 5.91 Å². The van der Waals surface area contributed by atoms with Crippen LogP contribution in [-0.4, -0.2) is 48.7 Å². The van der Waals surface area contributed by atoms with Crippen LogP contribution < -0.4 is 0 Å². The van der Waals surface area contributed by atoms with Gasteiger partial charge in [-0.05, 0) is 31.9 Å². The van der Waals surface area contributed by atoms with Crippen molar-refractivity contribution in [2.45, 2.75) is 19.8 Å². The lowest BCUT2D eigenvalue weighted by Gasteiger charge is -2.39. The van der Waals surface area contributed by atoms with Gasteiger partial charge in [0, 0.05) is 25.8 Å². The van der Waals surface area contributed by atoms with Gasteiger partial charge in [0.05, 0.1) is 6.61 Å². The Morgan fingerprint density at radius 2 is 2.19 bits per heavy atom. The molecule has 1 fully saturated rings. The van der Waals surface area contributed by atoms with Crippen LogP contribution >= 0.6 is 0 Å². The molecule has 0 aliphatic carbocycles. The number of ether oxygens (including phenoxy) is 1. The molecule has 1 saturated heterocycles. The SMILES string of the molecule is COCC1(C(=O)O)CCCN(C(=O)c2cccc(C)c2)C1. The average molecular weight is 291 g/mol. The van der Waals surface area contributed by atoms with E-state index in [1.54, 1.807) is 11.0 Å². The Morgan fingerprint density at radius 3 is 2.81 bits per heavy atom. The van der Waals surface area contributed by atoms with Crippen molar-refractivity contribution in [2.75, 3.05) is 26.8 Å². The van der Waals surface area contributed by atoms with Crippen molar-refractivity contribution in [1.29, 1.82) is 0 Å². The molecule has 1 atom stereocenters. The van der Waals surface area contributed by atoms with Crippen molar-refractivity contribution < 1.29 is 19.4 Å². The molecule has 1 aliphatic heterocycles. The molecule has 1 heterocycles. The number of carbonyl (C=O) groups excluding carboxylic acids is 1. The lowest BCUT2D eigenvalue weighted by atomic mass is 9.80. The first-order chi connectivity index (χ1) is 9.98. The molecule has 1 amide bonds. The predicted octanol–water partition coefficient (Wildman–Crippen LogP) is 1.95. The highest BCUT2D eigenvalue weighted by Gasteiger charge is 2.43. The van der Waals surface area contributed by atoms with Gasteiger partial charge in [0.15, 0.2) is 0 Å². The van der Waals surface area contributed by atoms with Crippen LogP contribution in [0.25, 0.3) is 0 Å². The van der Waals surface area contributed by atoms with E-state index in [9.17, 15) is 14.7 Å². The van der Waals surface area contributed by atoms with Gasteiger partial charge in [0.2, 0.25) is 0 Å². The van der Waals surface area contributed by atoms with Crippen LogP contribution in [0, 0.1) is 12.3 Å². The van der Waals surface area contributed by atoms with Gasteiger partial charge >= 0.3 is 5.97 Å². The first-order valence-electron chi connectivity index (χ1n) is 7.07. The molecule has 0 aromatic heterocycles. The summed E-state index contributed by atoms with van der Waals surface area (Å²) >= 11 is 0. The highest BCUT2D eigenvalue weighted by Crippen LogP contribution is 2.31. The molecule has 21 heavy (non-hydrogen) atoms. The minimum Gasteiger partial charge on any atom is -0.481 e. The summed E-state index contributed by atoms with van der Waals surface area (Å²) in [5.41, 5.74) is 0.625. The van der Waals surface area contributed by atoms with E-state index in [1.807, 2.05) is 25.1 Å². The molecule has 5 nitrogen and oxygen atoms in total. The Bertz CT molecular complexity index is 539. The van der Waals surface area contributed by atoms with Crippen LogP contribution in [0.1, 0.15) is 28.8 Å². The second kappa shape index (κ2) is 6.26. The van der Waals surface area contributed by atoms with Crippen molar-refractivity contribution >= 4 is 11.9 Å². The highest BCUT2D eigenvalue weighted by molar-refractivity contribution is 5.95. The van der Waals surface area contributed by atoms with Crippen molar-refractivity contribution in [1.82, 2.24) is 4.90 Å². The molecule has 0 saturated carbocycles. The Kier molecular flexibility index (Phi) is 4.63. The molecular formula is C16H21NO4. The summed E-state index contributed by atoms with van der Waals surface area (Å²) < 4.78 is 5.08. The van der Waals surface area contributed by atoms with Gasteiger partial charge in [-0.3, -0.25) is 9.59 Å². The van der Waals surface area contributed by atoms with Crippen molar-refractivity contribution in [3.63, 3.8) is 0 Å². The fourth-order valence-corrected chi connectivity index (χ4v) is 2.90. The van der Waals surface area contributed by atoms with Crippen molar-refractivity contribution in [2.24, 2.45) is 5.41 Å². The van der Waals surface area contributed by atoms with Gasteiger partial charge in [-0.1, -0.05) is 17.7 Å². The quantitative estimate of drug-likeness (QED) is 0.920. The Balaban J connectivity index is 2.20. The molecular weight excluding hydrogens is 270 g/mol. The first kappa shape index (κ1) is 15.5. The third-order valence-corrected chi connectivity index (χ3v) is 4.00. The lowest BCUT2D eigenvalue weighted by Crippen LogP contribution is -2.52. The molecule has 0 radical (unpaired) electrons. The maximum Gasteiger partial charge on any atom is 0.313 e. The summed E-state index contributed by atoms with van der Waals surface area (Å²) in [6, 6.07) is 7.37. The third kappa shape index (κ3) is 3.24. The third-order valence-electron chi connectivity index (χ3n) is 4.00. The lowest BCUT2D eigenvalue weighted by molar-refractivity contribution is -0.155. The molecule has 1 unspecified atom stereocenters. The number of rotatable bonds is 4. The fourth-order valence-electron chi connectivity index (χ4n) is 2.90. The van der Waals surface area contributed by atoms with E-state index >= 15 is 0 Å². The zero-order valence-corrected chi connectivity index (χ0v) is 12.5. The van der Waals surface area contributed by atoms with Gasteiger partial charge in [-0.2, -0.15) is 0 Å². The standard InChI is InChI=1S/C16H21NO4/c1-12-5-3-6-13(9-12)14(18)17-8-4-7-16(10-17,11-21-2)15(19)20/h3,5-6,9H,4,7-8,10-11H2,1-2H3,(H,19,20). The number of hydrogen-bond acceptors (Lipinski definition) is 3. The molecule has 1 aliphatic rings. The summed E-state index contributed by atoms with van der Waals surface area (Å²) in [6.45, 7) is 2.84. The van der Waals surface area contributed by atoms with E-state index in [0.717, 1.165) is 5.56 Å². The van der Waals surface area contributed by atoms with E-state index in [0.29, 0.717) is 24.9 Å². The Hall–Kier alpha value is -1.88. The van der Waals surface area contributed by atoms with Gasteiger partial charge in [-0.25, -0.2) is 0 Å². The number of methoxy groups -OCH3 is 1. The second-order valence-electron chi connectivity index (χ2n) is 5.72. The van der Waals surface area contributed by atoms with Crippen LogP contribution in [0.4, 0.5) is 0 Å². The number of amides is 1. The number of aliphatic carboxylic acids is 1. The normalized spacial score (nSPS) is 22.1. The molecule has 1 aromatic rings. The predicted molar refractivity (Wildman–Crippen MR) is 78.3 cm³/mol. The summed E-state index contributed by atoms with van der Waals surface area (Å²) in [5, 5.41) is 9.52. The molecule has 1 N–H and O–H groups in total. The maximum atomic E-state index is 12.6. The number of benzene rings is 1. The monoisotopic (exact) mass is 291 g/mol. The van der Waals surface area contributed by atoms with E-state index in [4.69, 9.17) is 4.74 Å². The summed E-state index contributed by atoms with van der Waals surface area (Å²) in [5.74, 6) is -1.01. The average Bonchev–Trinajstić information content (AvgIpc) is 2.47. The minimum absolute atomic E-state index is 0.111. The number of likely N-dealkylation sites (tertiary alicyclic amines) is 1. The molecule has 0 spiro atoms. The van der Waals surface area contributed by atoms with Crippen LogP contribution in [0.15, 0.2) is 24.3 Å². The minimum atomic E-state index is -0.994. The number of piperidine rings is 1. The number of carbonyl (C=O) groups is 2. The van der Waals surface area contributed by atoms with E-state index in [1.165, 1.54) is 7.11 Å². The van der Waals surface area contributed by atoms with Gasteiger partial charge in [0.1, 0.15) is 5.41 Å². The molecule has 5 heteroatoms. The summed E-state index contributed by atoms with van der Waals surface area (Å²) in [7, 11) is 1.49. The van der Waals surface area contributed by atoms with Gasteiger partial charge in [-0.15, -0.1) is 0 Å². The van der Waals surface area contributed by atoms with Crippen molar-refractivity contribution in [3.05, 3.63) is 35.4 Å². The molecule has 0 bridgehead atoms. The van der Waals surface area contributed by atoms with E-state index in [-0.39, 0.29) is 19.1 Å². The summed E-state index contributed by atoms with van der Waals surface area (Å²) in [6.07, 6.45) is 1.21. The first-order valence-corrected chi connectivity index (χ1v) is 7.07. The number of carboxylic acids is 1. The number of carboxylic acid groups (broad SMARTS) is 1. The maximum absolute atomic E-state index is 12.6. The number of aryl methyl sites for hydroxylation is 1. The van der Waals surface area contributed by atoms with E-state index < -0.39 is 11.4 Å². The van der Waals surface area contributed by atoms with Gasteiger partial charge < -0.3 is 14.7 Å². The van der Waals surface area contributed by atoms with Crippen LogP contribution in [0.2, 0.25) is 0 Å². The second-order valence-corrected chi connectivity index (χ2v) is 5.72. The van der Waals surface area contributed by atoms with Crippen LogP contribution in [0.3, 0.4) is 0 Å². The molecule has 2 rings (SSSR count). The zero-order valence-electron chi connectivity index (χ0n) is 12.5. The van der Waals surface area contributed by atoms with Crippen molar-refractivity contribution in [3.8, 4) is 0 Å². The fraction of sp³-hybridized carbons (Fsp3) is 0.500. The number of nitrogens with zero attached hydrogens (tertiary/aromatic N) is 1. The zero-order chi connectivity index (χ0) is 15.5. The molecule has 1 aromatic carbocycles. The Morgan fingerprint density at radius 1 is 1.43 bits per heavy atom.